The molecule has 1 saturated heterocycles. The van der Waals surface area contributed by atoms with E-state index < -0.39 is 4.92 Å². The summed E-state index contributed by atoms with van der Waals surface area (Å²) in [5, 5.41) is 13.5. The molecule has 0 spiro atoms. The van der Waals surface area contributed by atoms with Crippen LogP contribution in [-0.4, -0.2) is 33.8 Å². The van der Waals surface area contributed by atoms with Gasteiger partial charge < -0.3 is 5.32 Å². The van der Waals surface area contributed by atoms with Crippen molar-refractivity contribution in [2.75, 3.05) is 18.4 Å². The number of nitrogens with zero attached hydrogens (tertiary/aromatic N) is 3. The highest BCUT2D eigenvalue weighted by molar-refractivity contribution is 5.92. The number of rotatable bonds is 6. The molecule has 0 bridgehead atoms. The normalized spacial score (nSPS) is 14.8. The Labute approximate surface area is 152 Å². The van der Waals surface area contributed by atoms with Gasteiger partial charge >= 0.3 is 0 Å². The van der Waals surface area contributed by atoms with Crippen LogP contribution in [0.2, 0.25) is 0 Å². The molecule has 1 fully saturated rings. The predicted molar refractivity (Wildman–Crippen MR) is 98.8 cm³/mol. The van der Waals surface area contributed by atoms with Gasteiger partial charge in [0, 0.05) is 18.7 Å². The molecule has 1 aliphatic rings. The maximum absolute atomic E-state index is 12.1. The molecule has 0 atom stereocenters. The predicted octanol–water partition coefficient (Wildman–Crippen LogP) is 3.16. The summed E-state index contributed by atoms with van der Waals surface area (Å²) in [5.41, 5.74) is 2.39. The number of aromatic nitrogens is 1. The number of benzene rings is 1. The Morgan fingerprint density at radius 1 is 1.12 bits per heavy atom. The first kappa shape index (κ1) is 18.0. The third-order valence-electron chi connectivity index (χ3n) is 4.45. The first-order valence-electron chi connectivity index (χ1n) is 8.80. The van der Waals surface area contributed by atoms with Gasteiger partial charge in [-0.1, -0.05) is 18.6 Å². The molecule has 1 N–H and O–H groups in total. The van der Waals surface area contributed by atoms with E-state index >= 15 is 0 Å². The molecule has 0 unspecified atom stereocenters. The van der Waals surface area contributed by atoms with Crippen molar-refractivity contribution in [3.63, 3.8) is 0 Å². The van der Waals surface area contributed by atoms with E-state index in [0.717, 1.165) is 30.9 Å². The Balaban J connectivity index is 1.51. The molecule has 3 rings (SSSR count). The molecular formula is C19H22N4O3. The lowest BCUT2D eigenvalue weighted by molar-refractivity contribution is -0.384. The molecule has 1 aliphatic heterocycles. The lowest BCUT2D eigenvalue weighted by atomic mass is 10.1. The SMILES string of the molecule is O=C(Cc1ccc([N+](=O)[O-])cc1)Nc1ccc(CN2CCCCC2)nc1. The van der Waals surface area contributed by atoms with E-state index in [1.807, 2.05) is 12.1 Å². The standard InChI is InChI=1S/C19H22N4O3/c24-19(12-15-4-8-18(9-5-15)23(25)26)21-16-6-7-17(20-13-16)14-22-10-2-1-3-11-22/h4-9,13H,1-3,10-12,14H2,(H,21,24). The van der Waals surface area contributed by atoms with Gasteiger partial charge in [-0.05, 0) is 43.6 Å². The summed E-state index contributed by atoms with van der Waals surface area (Å²) < 4.78 is 0. The molecule has 1 aromatic heterocycles. The number of amides is 1. The number of nitro benzene ring substituents is 1. The minimum Gasteiger partial charge on any atom is -0.324 e. The fraction of sp³-hybridized carbons (Fsp3) is 0.368. The Bertz CT molecular complexity index is 753. The van der Waals surface area contributed by atoms with Crippen LogP contribution in [0, 0.1) is 10.1 Å². The van der Waals surface area contributed by atoms with Gasteiger partial charge in [0.05, 0.1) is 28.9 Å². The maximum Gasteiger partial charge on any atom is 0.269 e. The van der Waals surface area contributed by atoms with Crippen LogP contribution < -0.4 is 5.32 Å². The van der Waals surface area contributed by atoms with Crippen molar-refractivity contribution in [2.24, 2.45) is 0 Å². The second kappa shape index (κ2) is 8.53. The molecule has 136 valence electrons. The Kier molecular flexibility index (Phi) is 5.91. The maximum atomic E-state index is 12.1. The zero-order valence-corrected chi connectivity index (χ0v) is 14.6. The average molecular weight is 354 g/mol. The second-order valence-corrected chi connectivity index (χ2v) is 6.52. The third-order valence-corrected chi connectivity index (χ3v) is 4.45. The fourth-order valence-corrected chi connectivity index (χ4v) is 3.06. The molecule has 0 saturated carbocycles. The van der Waals surface area contributed by atoms with E-state index in [0.29, 0.717) is 5.69 Å². The summed E-state index contributed by atoms with van der Waals surface area (Å²) >= 11 is 0. The van der Waals surface area contributed by atoms with Gasteiger partial charge in [-0.2, -0.15) is 0 Å². The van der Waals surface area contributed by atoms with E-state index in [-0.39, 0.29) is 18.0 Å². The van der Waals surface area contributed by atoms with Gasteiger partial charge in [0.15, 0.2) is 0 Å². The van der Waals surface area contributed by atoms with Crippen molar-refractivity contribution in [2.45, 2.75) is 32.2 Å². The highest BCUT2D eigenvalue weighted by Gasteiger charge is 2.11. The molecule has 1 amide bonds. The van der Waals surface area contributed by atoms with Gasteiger partial charge in [0.1, 0.15) is 0 Å². The number of anilines is 1. The summed E-state index contributed by atoms with van der Waals surface area (Å²) in [6, 6.07) is 9.80. The van der Waals surface area contributed by atoms with Crippen LogP contribution in [0.5, 0.6) is 0 Å². The van der Waals surface area contributed by atoms with Crippen molar-refractivity contribution in [1.29, 1.82) is 0 Å². The van der Waals surface area contributed by atoms with Crippen molar-refractivity contribution in [3.05, 3.63) is 64.0 Å². The third kappa shape index (κ3) is 5.10. The Morgan fingerprint density at radius 2 is 1.85 bits per heavy atom. The number of hydrogen-bond donors (Lipinski definition) is 1. The van der Waals surface area contributed by atoms with Crippen LogP contribution in [0.3, 0.4) is 0 Å². The summed E-state index contributed by atoms with van der Waals surface area (Å²) in [6.07, 6.45) is 5.64. The van der Waals surface area contributed by atoms with Gasteiger partial charge in [0.2, 0.25) is 5.91 Å². The molecule has 7 heteroatoms. The quantitative estimate of drug-likeness (QED) is 0.636. The van der Waals surface area contributed by atoms with Gasteiger partial charge in [-0.25, -0.2) is 0 Å². The van der Waals surface area contributed by atoms with Crippen LogP contribution in [0.1, 0.15) is 30.5 Å². The molecule has 7 nitrogen and oxygen atoms in total. The van der Waals surface area contributed by atoms with Crippen LogP contribution in [0.4, 0.5) is 11.4 Å². The fourth-order valence-electron chi connectivity index (χ4n) is 3.06. The lowest BCUT2D eigenvalue weighted by Gasteiger charge is -2.25. The minimum absolute atomic E-state index is 0.0163. The van der Waals surface area contributed by atoms with Crippen molar-refractivity contribution >= 4 is 17.3 Å². The number of carbonyl (C=O) groups excluding carboxylic acids is 1. The van der Waals surface area contributed by atoms with Crippen molar-refractivity contribution in [1.82, 2.24) is 9.88 Å². The van der Waals surface area contributed by atoms with Crippen LogP contribution in [0.25, 0.3) is 0 Å². The number of nitrogens with one attached hydrogen (secondary N) is 1. The van der Waals surface area contributed by atoms with E-state index in [1.54, 1.807) is 18.3 Å². The zero-order valence-electron chi connectivity index (χ0n) is 14.6. The van der Waals surface area contributed by atoms with E-state index in [2.05, 4.69) is 15.2 Å². The first-order chi connectivity index (χ1) is 12.6. The van der Waals surface area contributed by atoms with Crippen molar-refractivity contribution in [3.8, 4) is 0 Å². The van der Waals surface area contributed by atoms with Crippen LogP contribution in [0.15, 0.2) is 42.6 Å². The minimum atomic E-state index is -0.457. The molecule has 2 heterocycles. The highest BCUT2D eigenvalue weighted by Crippen LogP contribution is 2.15. The second-order valence-electron chi connectivity index (χ2n) is 6.52. The van der Waals surface area contributed by atoms with Crippen LogP contribution in [-0.2, 0) is 17.8 Å². The summed E-state index contributed by atoms with van der Waals surface area (Å²) in [6.45, 7) is 3.09. The smallest absolute Gasteiger partial charge is 0.269 e. The molecular weight excluding hydrogens is 332 g/mol. The summed E-state index contributed by atoms with van der Waals surface area (Å²) in [5.74, 6) is -0.176. The highest BCUT2D eigenvalue weighted by atomic mass is 16.6. The Morgan fingerprint density at radius 3 is 2.46 bits per heavy atom. The van der Waals surface area contributed by atoms with E-state index in [9.17, 15) is 14.9 Å². The van der Waals surface area contributed by atoms with E-state index in [4.69, 9.17) is 0 Å². The number of piperidine rings is 1. The number of likely N-dealkylation sites (tertiary alicyclic amines) is 1. The van der Waals surface area contributed by atoms with Gasteiger partial charge in [0.25, 0.3) is 5.69 Å². The molecule has 2 aromatic rings. The topological polar surface area (TPSA) is 88.4 Å². The average Bonchev–Trinajstić information content (AvgIpc) is 2.64. The number of non-ortho nitro benzene ring substituents is 1. The zero-order chi connectivity index (χ0) is 18.4. The van der Waals surface area contributed by atoms with E-state index in [1.165, 1.54) is 31.4 Å². The number of pyridine rings is 1. The first-order valence-corrected chi connectivity index (χ1v) is 8.80. The molecule has 26 heavy (non-hydrogen) atoms. The van der Waals surface area contributed by atoms with Gasteiger partial charge in [-0.3, -0.25) is 24.8 Å². The summed E-state index contributed by atoms with van der Waals surface area (Å²) in [4.78, 5) is 29.1. The number of hydrogen-bond acceptors (Lipinski definition) is 5. The monoisotopic (exact) mass is 354 g/mol. The largest absolute Gasteiger partial charge is 0.324 e. The Hall–Kier alpha value is -2.80. The van der Waals surface area contributed by atoms with Crippen LogP contribution >= 0.6 is 0 Å². The molecule has 0 radical (unpaired) electrons. The van der Waals surface area contributed by atoms with Crippen molar-refractivity contribution < 1.29 is 9.72 Å². The molecule has 1 aromatic carbocycles. The molecule has 0 aliphatic carbocycles. The lowest BCUT2D eigenvalue weighted by Crippen LogP contribution is -2.29. The van der Waals surface area contributed by atoms with Gasteiger partial charge in [-0.15, -0.1) is 0 Å². The number of nitro groups is 1. The summed E-state index contributed by atoms with van der Waals surface area (Å²) in [7, 11) is 0. The number of carbonyl (C=O) groups is 1.